The lowest BCUT2D eigenvalue weighted by molar-refractivity contribution is -0.226. The molecule has 4 aromatic rings. The third-order valence-corrected chi connectivity index (χ3v) is 6.06. The summed E-state index contributed by atoms with van der Waals surface area (Å²) in [5, 5.41) is 19.0. The lowest BCUT2D eigenvalue weighted by Crippen LogP contribution is -2.32. The largest absolute Gasteiger partial charge is 0.347 e. The molecule has 0 amide bonds. The maximum absolute atomic E-state index is 5.80. The third kappa shape index (κ3) is 5.28. The van der Waals surface area contributed by atoms with Gasteiger partial charge in [-0.3, -0.25) is 4.98 Å². The van der Waals surface area contributed by atoms with Gasteiger partial charge in [-0.15, -0.1) is 10.2 Å². The quantitative estimate of drug-likeness (QED) is 0.303. The molecule has 3 aromatic heterocycles. The van der Waals surface area contributed by atoms with Crippen LogP contribution < -0.4 is 0 Å². The van der Waals surface area contributed by atoms with Gasteiger partial charge < -0.3 is 9.47 Å². The number of aromatic nitrogens is 8. The average Bonchev–Trinajstić information content (AvgIpc) is 3.57. The number of hydrogen-bond donors (Lipinski definition) is 1. The Labute approximate surface area is 205 Å². The lowest BCUT2D eigenvalue weighted by Gasteiger charge is -2.27. The number of aryl methyl sites for hydroxylation is 1. The van der Waals surface area contributed by atoms with Crippen molar-refractivity contribution in [1.82, 2.24) is 40.4 Å². The Hall–Kier alpha value is -3.50. The Bertz CT molecular complexity index is 1200. The molecule has 1 aromatic carbocycles. The van der Waals surface area contributed by atoms with Crippen LogP contribution in [-0.2, 0) is 28.2 Å². The minimum atomic E-state index is -0.931. The molecule has 184 valence electrons. The number of nitrogens with one attached hydrogen (secondary N) is 1. The first-order valence-corrected chi connectivity index (χ1v) is 12.0. The summed E-state index contributed by atoms with van der Waals surface area (Å²) in [7, 11) is 3.30. The molecule has 0 atom stereocenters. The van der Waals surface area contributed by atoms with E-state index in [2.05, 4.69) is 63.7 Å². The van der Waals surface area contributed by atoms with E-state index in [-0.39, 0.29) is 0 Å². The molecular formula is C25H32N8O2. The summed E-state index contributed by atoms with van der Waals surface area (Å²) < 4.78 is 13.6. The first kappa shape index (κ1) is 24.6. The standard InChI is InChI=1S/C25H32N8O2/c1-5-7-15-25(34-3,35-4)24-27-21(9-6-2)33(30-24)17-18-11-13-19(14-12-18)20-10-8-16-26-22(20)23-28-31-32-29-23/h8,10-14,16H,5-7,9,15,17H2,1-4H3,(H,28,29,31,32). The van der Waals surface area contributed by atoms with Gasteiger partial charge in [-0.2, -0.15) is 0 Å². The Balaban J connectivity index is 1.61. The van der Waals surface area contributed by atoms with Crippen molar-refractivity contribution in [2.24, 2.45) is 0 Å². The number of ether oxygens (including phenoxy) is 2. The summed E-state index contributed by atoms with van der Waals surface area (Å²) in [5.41, 5.74) is 3.80. The second-order valence-corrected chi connectivity index (χ2v) is 8.37. The predicted octanol–water partition coefficient (Wildman–Crippen LogP) is 4.16. The first-order chi connectivity index (χ1) is 17.1. The number of methoxy groups -OCH3 is 2. The van der Waals surface area contributed by atoms with Crippen LogP contribution in [0.15, 0.2) is 42.6 Å². The normalized spacial score (nSPS) is 11.8. The zero-order chi connectivity index (χ0) is 24.7. The molecule has 0 fully saturated rings. The molecule has 1 N–H and O–H groups in total. The zero-order valence-electron chi connectivity index (χ0n) is 20.7. The summed E-state index contributed by atoms with van der Waals surface area (Å²) >= 11 is 0. The van der Waals surface area contributed by atoms with Crippen LogP contribution in [0.1, 0.15) is 56.7 Å². The number of tetrazole rings is 1. The zero-order valence-corrected chi connectivity index (χ0v) is 20.7. The highest BCUT2D eigenvalue weighted by atomic mass is 16.7. The van der Waals surface area contributed by atoms with E-state index < -0.39 is 5.79 Å². The van der Waals surface area contributed by atoms with Gasteiger partial charge in [0.25, 0.3) is 0 Å². The molecule has 0 spiro atoms. The molecule has 35 heavy (non-hydrogen) atoms. The van der Waals surface area contributed by atoms with Crippen LogP contribution in [0.5, 0.6) is 0 Å². The number of H-pyrrole nitrogens is 1. The molecule has 3 heterocycles. The van der Waals surface area contributed by atoms with Gasteiger partial charge >= 0.3 is 0 Å². The van der Waals surface area contributed by atoms with Crippen molar-refractivity contribution in [1.29, 1.82) is 0 Å². The van der Waals surface area contributed by atoms with Crippen LogP contribution >= 0.6 is 0 Å². The van der Waals surface area contributed by atoms with Gasteiger partial charge in [0, 0.05) is 38.8 Å². The van der Waals surface area contributed by atoms with Gasteiger partial charge in [0.15, 0.2) is 5.82 Å². The molecule has 4 rings (SSSR count). The highest BCUT2D eigenvalue weighted by molar-refractivity contribution is 5.77. The fourth-order valence-corrected chi connectivity index (χ4v) is 4.11. The molecule has 0 aliphatic rings. The van der Waals surface area contributed by atoms with E-state index in [1.165, 1.54) is 0 Å². The Morgan fingerprint density at radius 1 is 1.03 bits per heavy atom. The first-order valence-electron chi connectivity index (χ1n) is 12.0. The van der Waals surface area contributed by atoms with Crippen molar-refractivity contribution in [2.45, 2.75) is 58.3 Å². The van der Waals surface area contributed by atoms with E-state index in [1.54, 1.807) is 20.4 Å². The lowest BCUT2D eigenvalue weighted by atomic mass is 10.0. The molecule has 0 unspecified atom stereocenters. The molecule has 10 heteroatoms. The molecule has 0 saturated carbocycles. The van der Waals surface area contributed by atoms with Crippen molar-refractivity contribution >= 4 is 0 Å². The van der Waals surface area contributed by atoms with E-state index in [0.29, 0.717) is 30.3 Å². The maximum Gasteiger partial charge on any atom is 0.231 e. The molecular weight excluding hydrogens is 444 g/mol. The Kier molecular flexibility index (Phi) is 7.94. The molecule has 10 nitrogen and oxygen atoms in total. The van der Waals surface area contributed by atoms with Gasteiger partial charge in [-0.25, -0.2) is 14.8 Å². The number of pyridine rings is 1. The highest BCUT2D eigenvalue weighted by Gasteiger charge is 2.37. The van der Waals surface area contributed by atoms with Crippen LogP contribution in [-0.4, -0.2) is 54.6 Å². The Morgan fingerprint density at radius 2 is 1.83 bits per heavy atom. The Morgan fingerprint density at radius 3 is 2.49 bits per heavy atom. The van der Waals surface area contributed by atoms with Crippen molar-refractivity contribution in [3.05, 3.63) is 59.8 Å². The summed E-state index contributed by atoms with van der Waals surface area (Å²) in [4.78, 5) is 9.30. The number of aromatic amines is 1. The van der Waals surface area contributed by atoms with Crippen LogP contribution in [0.2, 0.25) is 0 Å². The monoisotopic (exact) mass is 476 g/mol. The summed E-state index contributed by atoms with van der Waals surface area (Å²) in [5.74, 6) is 1.11. The minimum absolute atomic E-state index is 0.534. The summed E-state index contributed by atoms with van der Waals surface area (Å²) in [6, 6.07) is 12.3. The smallest absolute Gasteiger partial charge is 0.231 e. The van der Waals surface area contributed by atoms with Gasteiger partial charge in [0.05, 0.1) is 6.54 Å². The van der Waals surface area contributed by atoms with E-state index in [4.69, 9.17) is 19.6 Å². The summed E-state index contributed by atoms with van der Waals surface area (Å²) in [6.45, 7) is 4.89. The molecule has 0 aliphatic heterocycles. The number of unbranched alkanes of at least 4 members (excludes halogenated alkanes) is 1. The molecule has 0 radical (unpaired) electrons. The topological polar surface area (TPSA) is 117 Å². The highest BCUT2D eigenvalue weighted by Crippen LogP contribution is 2.31. The van der Waals surface area contributed by atoms with Crippen LogP contribution in [0.25, 0.3) is 22.6 Å². The van der Waals surface area contributed by atoms with E-state index >= 15 is 0 Å². The van der Waals surface area contributed by atoms with Gasteiger partial charge in [-0.1, -0.05) is 50.6 Å². The van der Waals surface area contributed by atoms with Gasteiger partial charge in [-0.05, 0) is 40.5 Å². The third-order valence-electron chi connectivity index (χ3n) is 6.06. The number of nitrogens with zero attached hydrogens (tertiary/aromatic N) is 7. The van der Waals surface area contributed by atoms with Gasteiger partial charge in [0.2, 0.25) is 11.6 Å². The van der Waals surface area contributed by atoms with Crippen LogP contribution in [0.3, 0.4) is 0 Å². The second-order valence-electron chi connectivity index (χ2n) is 8.37. The maximum atomic E-state index is 5.80. The number of rotatable bonds is 12. The fraction of sp³-hybridized carbons (Fsp3) is 0.440. The van der Waals surface area contributed by atoms with Crippen LogP contribution in [0, 0.1) is 0 Å². The van der Waals surface area contributed by atoms with Gasteiger partial charge in [0.1, 0.15) is 11.5 Å². The minimum Gasteiger partial charge on any atom is -0.347 e. The second kappa shape index (κ2) is 11.3. The van der Waals surface area contributed by atoms with Crippen molar-refractivity contribution in [3.63, 3.8) is 0 Å². The van der Waals surface area contributed by atoms with E-state index in [0.717, 1.165) is 48.2 Å². The van der Waals surface area contributed by atoms with E-state index in [9.17, 15) is 0 Å². The average molecular weight is 477 g/mol. The SMILES string of the molecule is CCCCC(OC)(OC)c1nc(CCC)n(Cc2ccc(-c3cccnc3-c3nnn[nH]3)cc2)n1. The summed E-state index contributed by atoms with van der Waals surface area (Å²) in [6.07, 6.45) is 6.23. The van der Waals surface area contributed by atoms with Crippen molar-refractivity contribution in [3.8, 4) is 22.6 Å². The van der Waals surface area contributed by atoms with Crippen molar-refractivity contribution in [2.75, 3.05) is 14.2 Å². The molecule has 0 aliphatic carbocycles. The van der Waals surface area contributed by atoms with Crippen LogP contribution in [0.4, 0.5) is 0 Å². The van der Waals surface area contributed by atoms with Crippen molar-refractivity contribution < 1.29 is 9.47 Å². The molecule has 0 bridgehead atoms. The number of hydrogen-bond acceptors (Lipinski definition) is 8. The number of benzene rings is 1. The molecule has 0 saturated heterocycles. The fourth-order valence-electron chi connectivity index (χ4n) is 4.11. The predicted molar refractivity (Wildman–Crippen MR) is 131 cm³/mol. The van der Waals surface area contributed by atoms with E-state index in [1.807, 2.05) is 16.8 Å².